The zero-order valence-corrected chi connectivity index (χ0v) is 28.5. The molecular weight excluding hydrogens is 557 g/mol. The third kappa shape index (κ3) is 6.66. The summed E-state index contributed by atoms with van der Waals surface area (Å²) >= 11 is 8.09. The molecule has 4 atom stereocenters. The van der Waals surface area contributed by atoms with Gasteiger partial charge in [0.25, 0.3) is 0 Å². The largest absolute Gasteiger partial charge is 0.493 e. The Morgan fingerprint density at radius 3 is 2.33 bits per heavy atom. The van der Waals surface area contributed by atoms with Gasteiger partial charge in [-0.15, -0.1) is 0 Å². The van der Waals surface area contributed by atoms with Gasteiger partial charge in [-0.05, 0) is 103 Å². The number of hydrogen-bond acceptors (Lipinski definition) is 5. The van der Waals surface area contributed by atoms with Gasteiger partial charge in [-0.1, -0.05) is 75.6 Å². The molecule has 2 aromatic carbocycles. The molecule has 4 nitrogen and oxygen atoms in total. The Balaban J connectivity index is 1.44. The predicted octanol–water partition coefficient (Wildman–Crippen LogP) is 8.85. The fourth-order valence-electron chi connectivity index (χ4n) is 7.78. The van der Waals surface area contributed by atoms with E-state index in [4.69, 9.17) is 21.7 Å². The third-order valence-electron chi connectivity index (χ3n) is 10.4. The molecule has 4 unspecified atom stereocenters. The summed E-state index contributed by atoms with van der Waals surface area (Å²) in [5.74, 6) is 4.13. The number of thioether (sulfide) groups is 1. The second-order valence-corrected chi connectivity index (χ2v) is 14.6. The maximum atomic E-state index is 6.19. The van der Waals surface area contributed by atoms with Crippen molar-refractivity contribution in [2.75, 3.05) is 39.6 Å². The van der Waals surface area contributed by atoms with Gasteiger partial charge < -0.3 is 14.4 Å². The van der Waals surface area contributed by atoms with E-state index in [1.165, 1.54) is 80.3 Å². The lowest BCUT2D eigenvalue weighted by atomic mass is 9.72. The number of benzene rings is 2. The normalized spacial score (nSPS) is 23.6. The Hall–Kier alpha value is -1.76. The molecule has 5 rings (SSSR count). The second-order valence-electron chi connectivity index (χ2n) is 12.8. The summed E-state index contributed by atoms with van der Waals surface area (Å²) in [5, 5.41) is 0. The van der Waals surface area contributed by atoms with Gasteiger partial charge in [-0.25, -0.2) is 0 Å². The van der Waals surface area contributed by atoms with E-state index < -0.39 is 0 Å². The summed E-state index contributed by atoms with van der Waals surface area (Å²) in [6.45, 7) is 12.6. The average Bonchev–Trinajstić information content (AvgIpc) is 3.00. The maximum absolute atomic E-state index is 6.19. The molecule has 1 saturated heterocycles. The van der Waals surface area contributed by atoms with Gasteiger partial charge in [0.15, 0.2) is 11.5 Å². The molecule has 3 aliphatic rings. The first-order valence-electron chi connectivity index (χ1n) is 16.4. The van der Waals surface area contributed by atoms with E-state index in [1.807, 2.05) is 11.8 Å². The molecule has 1 fully saturated rings. The van der Waals surface area contributed by atoms with E-state index in [2.05, 4.69) is 61.8 Å². The molecule has 0 aliphatic carbocycles. The lowest BCUT2D eigenvalue weighted by Gasteiger charge is -2.49. The van der Waals surface area contributed by atoms with Crippen LogP contribution in [0.4, 0.5) is 0 Å². The Kier molecular flexibility index (Phi) is 10.8. The summed E-state index contributed by atoms with van der Waals surface area (Å²) < 4.78 is 12.6. The van der Waals surface area contributed by atoms with Gasteiger partial charge in [0.1, 0.15) is 4.32 Å². The number of unbranched alkanes of at least 4 members (excludes halogenated alkanes) is 3. The van der Waals surface area contributed by atoms with Crippen molar-refractivity contribution in [2.24, 2.45) is 11.8 Å². The molecule has 0 bridgehead atoms. The molecular formula is C36H52N2O2S2. The zero-order chi connectivity index (χ0) is 29.8. The first-order chi connectivity index (χ1) is 20.4. The number of thiocarbonyl (C=S) groups is 1. The number of aryl methyl sites for hydroxylation is 2. The molecule has 0 spiro atoms. The van der Waals surface area contributed by atoms with E-state index >= 15 is 0 Å². The number of methoxy groups -OCH3 is 2. The molecule has 0 saturated carbocycles. The summed E-state index contributed by atoms with van der Waals surface area (Å²) in [4.78, 5) is 5.38. The third-order valence-corrected chi connectivity index (χ3v) is 12.0. The van der Waals surface area contributed by atoms with E-state index in [9.17, 15) is 0 Å². The van der Waals surface area contributed by atoms with Crippen LogP contribution in [0, 0.1) is 25.7 Å². The van der Waals surface area contributed by atoms with Crippen molar-refractivity contribution >= 4 is 28.3 Å². The number of rotatable bonds is 10. The van der Waals surface area contributed by atoms with Crippen LogP contribution in [0.2, 0.25) is 0 Å². The van der Waals surface area contributed by atoms with Crippen molar-refractivity contribution in [1.29, 1.82) is 0 Å². The standard InChI is InChI=1S/C36H52N2O2S2/c1-7-9-10-11-16-42-36(41)38-15-13-28-21-34(39-5)35(40-6)22-31(28)33(38)20-29-19-32-30-18-25(4)24(3)17-27(30)12-14-37(32)23-26(29)8-2/h17-18,21-22,26,29,32-33H,7-16,19-20,23H2,1-6H3. The topological polar surface area (TPSA) is 24.9 Å². The number of fused-ring (bicyclic) bond motifs is 4. The van der Waals surface area contributed by atoms with Crippen LogP contribution in [0.3, 0.4) is 0 Å². The Labute approximate surface area is 264 Å². The lowest BCUT2D eigenvalue weighted by Crippen LogP contribution is -2.47. The molecule has 0 radical (unpaired) electrons. The molecule has 3 heterocycles. The Bertz CT molecular complexity index is 1250. The van der Waals surface area contributed by atoms with Crippen LogP contribution in [0.25, 0.3) is 0 Å². The van der Waals surface area contributed by atoms with Crippen LogP contribution in [0.1, 0.15) is 104 Å². The zero-order valence-electron chi connectivity index (χ0n) is 26.8. The van der Waals surface area contributed by atoms with Crippen LogP contribution < -0.4 is 9.47 Å². The van der Waals surface area contributed by atoms with Crippen molar-refractivity contribution in [3.63, 3.8) is 0 Å². The minimum atomic E-state index is 0.276. The van der Waals surface area contributed by atoms with Crippen LogP contribution in [-0.4, -0.2) is 53.7 Å². The van der Waals surface area contributed by atoms with Crippen molar-refractivity contribution in [3.05, 3.63) is 57.6 Å². The van der Waals surface area contributed by atoms with E-state index in [1.54, 1.807) is 25.3 Å². The fraction of sp³-hybridized carbons (Fsp3) is 0.639. The summed E-state index contributed by atoms with van der Waals surface area (Å²) in [6.07, 6.45) is 10.9. The molecule has 0 amide bonds. The van der Waals surface area contributed by atoms with Crippen molar-refractivity contribution < 1.29 is 9.47 Å². The highest BCUT2D eigenvalue weighted by Crippen LogP contribution is 2.48. The Morgan fingerprint density at radius 2 is 1.60 bits per heavy atom. The predicted molar refractivity (Wildman–Crippen MR) is 182 cm³/mol. The number of hydrogen-bond donors (Lipinski definition) is 0. The van der Waals surface area contributed by atoms with Crippen LogP contribution >= 0.6 is 24.0 Å². The molecule has 2 aromatic rings. The quantitative estimate of drug-likeness (QED) is 0.197. The van der Waals surface area contributed by atoms with E-state index in [0.717, 1.165) is 41.0 Å². The molecule has 42 heavy (non-hydrogen) atoms. The van der Waals surface area contributed by atoms with Crippen molar-refractivity contribution in [3.8, 4) is 11.5 Å². The van der Waals surface area contributed by atoms with Gasteiger partial charge in [0, 0.05) is 31.4 Å². The molecule has 0 aromatic heterocycles. The van der Waals surface area contributed by atoms with E-state index in [0.29, 0.717) is 17.9 Å². The van der Waals surface area contributed by atoms with Crippen molar-refractivity contribution in [1.82, 2.24) is 9.80 Å². The van der Waals surface area contributed by atoms with Gasteiger partial charge >= 0.3 is 0 Å². The fourth-order valence-corrected chi connectivity index (χ4v) is 9.15. The number of ether oxygens (including phenoxy) is 2. The van der Waals surface area contributed by atoms with Gasteiger partial charge in [0.05, 0.1) is 20.3 Å². The molecule has 0 N–H and O–H groups in total. The van der Waals surface area contributed by atoms with Crippen LogP contribution in [-0.2, 0) is 12.8 Å². The van der Waals surface area contributed by atoms with Gasteiger partial charge in [-0.3, -0.25) is 4.90 Å². The summed E-state index contributed by atoms with van der Waals surface area (Å²) in [6, 6.07) is 10.3. The van der Waals surface area contributed by atoms with Crippen molar-refractivity contribution in [2.45, 2.75) is 97.6 Å². The second kappa shape index (κ2) is 14.3. The highest BCUT2D eigenvalue weighted by Gasteiger charge is 2.41. The SMILES string of the molecule is CCCCCCSC(=S)N1CCc2cc(OC)c(OC)cc2C1CC1CC2c3cc(C)c(C)cc3CCN2CC1CC. The maximum Gasteiger partial charge on any atom is 0.161 e. The highest BCUT2D eigenvalue weighted by atomic mass is 32.2. The number of piperidine rings is 1. The monoisotopic (exact) mass is 608 g/mol. The van der Waals surface area contributed by atoms with Gasteiger partial charge in [-0.2, -0.15) is 0 Å². The molecule has 3 aliphatic heterocycles. The first kappa shape index (κ1) is 31.7. The minimum Gasteiger partial charge on any atom is -0.493 e. The molecule has 230 valence electrons. The summed E-state index contributed by atoms with van der Waals surface area (Å²) in [7, 11) is 3.50. The summed E-state index contributed by atoms with van der Waals surface area (Å²) in [5.41, 5.74) is 8.81. The van der Waals surface area contributed by atoms with E-state index in [-0.39, 0.29) is 6.04 Å². The number of nitrogens with zero attached hydrogens (tertiary/aromatic N) is 2. The minimum absolute atomic E-state index is 0.276. The van der Waals surface area contributed by atoms with Crippen LogP contribution in [0.5, 0.6) is 11.5 Å². The Morgan fingerprint density at radius 1 is 0.881 bits per heavy atom. The van der Waals surface area contributed by atoms with Gasteiger partial charge in [0.2, 0.25) is 0 Å². The molecule has 6 heteroatoms. The lowest BCUT2D eigenvalue weighted by molar-refractivity contribution is 0.0382. The van der Waals surface area contributed by atoms with Crippen LogP contribution in [0.15, 0.2) is 24.3 Å². The smallest absolute Gasteiger partial charge is 0.161 e. The highest BCUT2D eigenvalue weighted by molar-refractivity contribution is 8.22. The first-order valence-corrected chi connectivity index (χ1v) is 17.8. The average molecular weight is 609 g/mol.